The zero-order valence-corrected chi connectivity index (χ0v) is 8.08. The zero-order valence-electron chi connectivity index (χ0n) is 8.08. The molecular formula is C10H16N2O. The lowest BCUT2D eigenvalue weighted by atomic mass is 10.0. The molecule has 0 spiro atoms. The van der Waals surface area contributed by atoms with Gasteiger partial charge in [0.2, 0.25) is 0 Å². The highest BCUT2D eigenvalue weighted by molar-refractivity contribution is 5.37. The lowest BCUT2D eigenvalue weighted by molar-refractivity contribution is 0.411. The molecule has 0 aliphatic rings. The Morgan fingerprint density at radius 2 is 2.15 bits per heavy atom. The van der Waals surface area contributed by atoms with Crippen LogP contribution >= 0.6 is 0 Å². The first kappa shape index (κ1) is 10.0. The molecule has 0 unspecified atom stereocenters. The fourth-order valence-electron chi connectivity index (χ4n) is 1.27. The second-order valence-corrected chi connectivity index (χ2v) is 3.07. The highest BCUT2D eigenvalue weighted by Crippen LogP contribution is 2.20. The first-order chi connectivity index (χ1) is 6.19. The predicted octanol–water partition coefficient (Wildman–Crippen LogP) is 0.962. The highest BCUT2D eigenvalue weighted by Gasteiger charge is 2.05. The molecule has 4 N–H and O–H groups in total. The molecular weight excluding hydrogens is 164 g/mol. The van der Waals surface area contributed by atoms with Gasteiger partial charge in [0.1, 0.15) is 5.75 Å². The molecule has 0 bridgehead atoms. The Kier molecular flexibility index (Phi) is 3.28. The van der Waals surface area contributed by atoms with Crippen LogP contribution in [0.25, 0.3) is 0 Å². The molecule has 0 saturated carbocycles. The predicted molar refractivity (Wildman–Crippen MR) is 53.7 cm³/mol. The topological polar surface area (TPSA) is 61.3 Å². The largest absolute Gasteiger partial charge is 0.496 e. The van der Waals surface area contributed by atoms with Crippen LogP contribution in [0.2, 0.25) is 0 Å². The smallest absolute Gasteiger partial charge is 0.121 e. The first-order valence-electron chi connectivity index (χ1n) is 4.29. The minimum atomic E-state index is -0.0791. The van der Waals surface area contributed by atoms with Gasteiger partial charge in [-0.3, -0.25) is 0 Å². The lowest BCUT2D eigenvalue weighted by Crippen LogP contribution is -2.20. The van der Waals surface area contributed by atoms with Crippen molar-refractivity contribution in [3.8, 4) is 5.75 Å². The van der Waals surface area contributed by atoms with Gasteiger partial charge in [0.15, 0.2) is 0 Å². The molecule has 0 saturated heterocycles. The van der Waals surface area contributed by atoms with Crippen LogP contribution in [0.3, 0.4) is 0 Å². The molecule has 3 nitrogen and oxygen atoms in total. The molecule has 0 fully saturated rings. The van der Waals surface area contributed by atoms with Crippen molar-refractivity contribution in [1.29, 1.82) is 0 Å². The minimum absolute atomic E-state index is 0.0791. The summed E-state index contributed by atoms with van der Waals surface area (Å²) < 4.78 is 5.14. The van der Waals surface area contributed by atoms with Gasteiger partial charge in [-0.1, -0.05) is 12.1 Å². The molecule has 0 amide bonds. The molecule has 1 aromatic rings. The summed E-state index contributed by atoms with van der Waals surface area (Å²) in [5, 5.41) is 0. The summed E-state index contributed by atoms with van der Waals surface area (Å²) in [6, 6.07) is 5.80. The number of hydrogen-bond acceptors (Lipinski definition) is 3. The average molecular weight is 180 g/mol. The summed E-state index contributed by atoms with van der Waals surface area (Å²) in [5.74, 6) is 0.882. The Hall–Kier alpha value is -1.06. The Labute approximate surface area is 78.7 Å². The third-order valence-electron chi connectivity index (χ3n) is 2.10. The van der Waals surface area contributed by atoms with Gasteiger partial charge in [-0.2, -0.15) is 0 Å². The van der Waals surface area contributed by atoms with E-state index >= 15 is 0 Å². The molecule has 0 aromatic heterocycles. The van der Waals surface area contributed by atoms with Gasteiger partial charge in [-0.15, -0.1) is 0 Å². The number of aryl methyl sites for hydroxylation is 1. The monoisotopic (exact) mass is 180 g/mol. The van der Waals surface area contributed by atoms with Crippen LogP contribution in [0.1, 0.15) is 17.2 Å². The van der Waals surface area contributed by atoms with E-state index in [-0.39, 0.29) is 6.04 Å². The van der Waals surface area contributed by atoms with E-state index in [0.29, 0.717) is 6.54 Å². The van der Waals surface area contributed by atoms with Gasteiger partial charge in [-0.05, 0) is 24.1 Å². The summed E-state index contributed by atoms with van der Waals surface area (Å²) in [6.45, 7) is 2.46. The molecule has 0 aliphatic heterocycles. The first-order valence-corrected chi connectivity index (χ1v) is 4.29. The van der Waals surface area contributed by atoms with Crippen molar-refractivity contribution in [2.45, 2.75) is 13.0 Å². The highest BCUT2D eigenvalue weighted by atomic mass is 16.5. The van der Waals surface area contributed by atoms with E-state index in [1.54, 1.807) is 7.11 Å². The Bertz CT molecular complexity index is 286. The quantitative estimate of drug-likeness (QED) is 0.728. The van der Waals surface area contributed by atoms with Crippen molar-refractivity contribution < 1.29 is 4.74 Å². The van der Waals surface area contributed by atoms with Gasteiger partial charge in [-0.25, -0.2) is 0 Å². The SMILES string of the molecule is COc1ccc([C@H](N)CN)cc1C. The van der Waals surface area contributed by atoms with Crippen LogP contribution in [-0.4, -0.2) is 13.7 Å². The third kappa shape index (κ3) is 2.20. The van der Waals surface area contributed by atoms with Crippen LogP contribution in [0.5, 0.6) is 5.75 Å². The molecule has 0 heterocycles. The summed E-state index contributed by atoms with van der Waals surface area (Å²) in [4.78, 5) is 0. The van der Waals surface area contributed by atoms with Gasteiger partial charge in [0.05, 0.1) is 7.11 Å². The van der Waals surface area contributed by atoms with E-state index in [1.807, 2.05) is 25.1 Å². The van der Waals surface area contributed by atoms with Crippen LogP contribution < -0.4 is 16.2 Å². The molecule has 0 aliphatic carbocycles. The van der Waals surface area contributed by atoms with Crippen molar-refractivity contribution in [2.75, 3.05) is 13.7 Å². The van der Waals surface area contributed by atoms with E-state index in [4.69, 9.17) is 16.2 Å². The lowest BCUT2D eigenvalue weighted by Gasteiger charge is -2.11. The van der Waals surface area contributed by atoms with Crippen molar-refractivity contribution in [3.05, 3.63) is 29.3 Å². The van der Waals surface area contributed by atoms with Crippen molar-refractivity contribution >= 4 is 0 Å². The Balaban J connectivity index is 2.95. The number of hydrogen-bond donors (Lipinski definition) is 2. The summed E-state index contributed by atoms with van der Waals surface area (Å²) in [7, 11) is 1.66. The summed E-state index contributed by atoms with van der Waals surface area (Å²) in [6.07, 6.45) is 0. The summed E-state index contributed by atoms with van der Waals surface area (Å²) >= 11 is 0. The summed E-state index contributed by atoms with van der Waals surface area (Å²) in [5.41, 5.74) is 13.4. The molecule has 1 aromatic carbocycles. The van der Waals surface area contributed by atoms with Crippen LogP contribution in [-0.2, 0) is 0 Å². The second-order valence-electron chi connectivity index (χ2n) is 3.07. The number of methoxy groups -OCH3 is 1. The maximum absolute atomic E-state index is 5.79. The van der Waals surface area contributed by atoms with Crippen LogP contribution in [0, 0.1) is 6.92 Å². The van der Waals surface area contributed by atoms with E-state index in [1.165, 1.54) is 0 Å². The fourth-order valence-corrected chi connectivity index (χ4v) is 1.27. The van der Waals surface area contributed by atoms with Crippen LogP contribution in [0.4, 0.5) is 0 Å². The van der Waals surface area contributed by atoms with E-state index in [9.17, 15) is 0 Å². The average Bonchev–Trinajstić information content (AvgIpc) is 2.16. The fraction of sp³-hybridized carbons (Fsp3) is 0.400. The second kappa shape index (κ2) is 4.25. The molecule has 0 radical (unpaired) electrons. The minimum Gasteiger partial charge on any atom is -0.496 e. The van der Waals surface area contributed by atoms with Crippen molar-refractivity contribution in [1.82, 2.24) is 0 Å². The standard InChI is InChI=1S/C10H16N2O/c1-7-5-8(9(12)6-11)3-4-10(7)13-2/h3-5,9H,6,11-12H2,1-2H3/t9-/m1/s1. The zero-order chi connectivity index (χ0) is 9.84. The number of benzene rings is 1. The Morgan fingerprint density at radius 1 is 1.46 bits per heavy atom. The number of ether oxygens (including phenoxy) is 1. The Morgan fingerprint density at radius 3 is 2.62 bits per heavy atom. The number of nitrogens with two attached hydrogens (primary N) is 2. The van der Waals surface area contributed by atoms with Gasteiger partial charge >= 0.3 is 0 Å². The van der Waals surface area contributed by atoms with Gasteiger partial charge < -0.3 is 16.2 Å². The third-order valence-corrected chi connectivity index (χ3v) is 2.10. The van der Waals surface area contributed by atoms with Gasteiger partial charge in [0.25, 0.3) is 0 Å². The molecule has 72 valence electrons. The van der Waals surface area contributed by atoms with Crippen molar-refractivity contribution in [3.63, 3.8) is 0 Å². The number of rotatable bonds is 3. The van der Waals surface area contributed by atoms with E-state index in [2.05, 4.69) is 0 Å². The maximum atomic E-state index is 5.79. The van der Waals surface area contributed by atoms with E-state index in [0.717, 1.165) is 16.9 Å². The maximum Gasteiger partial charge on any atom is 0.121 e. The molecule has 1 atom stereocenters. The van der Waals surface area contributed by atoms with Crippen molar-refractivity contribution in [2.24, 2.45) is 11.5 Å². The van der Waals surface area contributed by atoms with Crippen LogP contribution in [0.15, 0.2) is 18.2 Å². The molecule has 1 rings (SSSR count). The molecule has 13 heavy (non-hydrogen) atoms. The van der Waals surface area contributed by atoms with E-state index < -0.39 is 0 Å². The molecule has 3 heteroatoms. The van der Waals surface area contributed by atoms with Gasteiger partial charge in [0, 0.05) is 12.6 Å². The normalized spacial score (nSPS) is 12.6.